The van der Waals surface area contributed by atoms with Crippen molar-refractivity contribution in [3.63, 3.8) is 0 Å². The SMILES string of the molecule is O=C(COc1ccccc1Cl)NC[C@H](c1ccco1)N1CCCC1. The summed E-state index contributed by atoms with van der Waals surface area (Å²) in [5, 5.41) is 3.43. The minimum atomic E-state index is -0.175. The van der Waals surface area contributed by atoms with Crippen LogP contribution in [0.25, 0.3) is 0 Å². The van der Waals surface area contributed by atoms with E-state index in [0.29, 0.717) is 17.3 Å². The number of nitrogens with one attached hydrogen (secondary N) is 1. The van der Waals surface area contributed by atoms with E-state index in [9.17, 15) is 4.79 Å². The van der Waals surface area contributed by atoms with Crippen LogP contribution in [-0.2, 0) is 4.79 Å². The fraction of sp³-hybridized carbons (Fsp3) is 0.389. The van der Waals surface area contributed by atoms with Gasteiger partial charge in [-0.2, -0.15) is 0 Å². The second-order valence-corrected chi connectivity index (χ2v) is 6.20. The summed E-state index contributed by atoms with van der Waals surface area (Å²) in [6, 6.07) is 11.0. The zero-order valence-corrected chi connectivity index (χ0v) is 14.2. The molecule has 0 aliphatic carbocycles. The van der Waals surface area contributed by atoms with Crippen LogP contribution in [0.3, 0.4) is 0 Å². The molecule has 1 fully saturated rings. The first kappa shape index (κ1) is 16.9. The van der Waals surface area contributed by atoms with Gasteiger partial charge in [0, 0.05) is 6.54 Å². The third-order valence-corrected chi connectivity index (χ3v) is 4.45. The fourth-order valence-corrected chi connectivity index (χ4v) is 3.10. The molecule has 6 heteroatoms. The Bertz CT molecular complexity index is 654. The van der Waals surface area contributed by atoms with E-state index in [4.69, 9.17) is 20.8 Å². The van der Waals surface area contributed by atoms with Crippen molar-refractivity contribution >= 4 is 17.5 Å². The second-order valence-electron chi connectivity index (χ2n) is 5.80. The van der Waals surface area contributed by atoms with E-state index >= 15 is 0 Å². The lowest BCUT2D eigenvalue weighted by atomic mass is 10.2. The third kappa shape index (κ3) is 4.30. The molecule has 128 valence electrons. The number of carbonyl (C=O) groups excluding carboxylic acids is 1. The van der Waals surface area contributed by atoms with Gasteiger partial charge in [-0.25, -0.2) is 0 Å². The molecular formula is C18H21ClN2O3. The lowest BCUT2D eigenvalue weighted by Crippen LogP contribution is -2.38. The molecule has 0 radical (unpaired) electrons. The maximum atomic E-state index is 12.1. The van der Waals surface area contributed by atoms with E-state index in [0.717, 1.165) is 18.8 Å². The van der Waals surface area contributed by atoms with Gasteiger partial charge in [-0.3, -0.25) is 9.69 Å². The Morgan fingerprint density at radius 1 is 1.25 bits per heavy atom. The molecular weight excluding hydrogens is 328 g/mol. The van der Waals surface area contributed by atoms with Gasteiger partial charge in [-0.1, -0.05) is 23.7 Å². The Balaban J connectivity index is 1.52. The molecule has 24 heavy (non-hydrogen) atoms. The van der Waals surface area contributed by atoms with Crippen molar-refractivity contribution in [3.8, 4) is 5.75 Å². The molecule has 3 rings (SSSR count). The maximum Gasteiger partial charge on any atom is 0.258 e. The number of hydrogen-bond acceptors (Lipinski definition) is 4. The van der Waals surface area contributed by atoms with Crippen molar-refractivity contribution in [3.05, 3.63) is 53.4 Å². The van der Waals surface area contributed by atoms with Crippen LogP contribution in [0.4, 0.5) is 0 Å². The number of rotatable bonds is 7. The van der Waals surface area contributed by atoms with Gasteiger partial charge < -0.3 is 14.5 Å². The molecule has 1 aromatic carbocycles. The standard InChI is InChI=1S/C18H21ClN2O3/c19-14-6-1-2-7-16(14)24-13-18(22)20-12-15(17-8-5-11-23-17)21-9-3-4-10-21/h1-2,5-8,11,15H,3-4,9-10,12-13H2,(H,20,22)/t15-/m1/s1. The minimum absolute atomic E-state index is 0.0609. The molecule has 1 aliphatic heterocycles. The number of likely N-dealkylation sites (tertiary alicyclic amines) is 1. The van der Waals surface area contributed by atoms with Gasteiger partial charge in [0.25, 0.3) is 5.91 Å². The van der Waals surface area contributed by atoms with E-state index in [2.05, 4.69) is 10.2 Å². The first-order chi connectivity index (χ1) is 11.7. The van der Waals surface area contributed by atoms with Crippen LogP contribution in [0.1, 0.15) is 24.6 Å². The van der Waals surface area contributed by atoms with E-state index in [1.165, 1.54) is 12.8 Å². The first-order valence-corrected chi connectivity index (χ1v) is 8.53. The number of hydrogen-bond donors (Lipinski definition) is 1. The molecule has 2 aromatic rings. The van der Waals surface area contributed by atoms with Gasteiger partial charge in [0.2, 0.25) is 0 Å². The van der Waals surface area contributed by atoms with Gasteiger partial charge in [0.1, 0.15) is 11.5 Å². The topological polar surface area (TPSA) is 54.7 Å². The van der Waals surface area contributed by atoms with Crippen molar-refractivity contribution in [2.45, 2.75) is 18.9 Å². The van der Waals surface area contributed by atoms with E-state index in [1.807, 2.05) is 24.3 Å². The maximum absolute atomic E-state index is 12.1. The number of ether oxygens (including phenoxy) is 1. The molecule has 1 saturated heterocycles. The average molecular weight is 349 g/mol. The molecule has 0 spiro atoms. The van der Waals surface area contributed by atoms with Crippen LogP contribution < -0.4 is 10.1 Å². The monoisotopic (exact) mass is 348 g/mol. The molecule has 0 unspecified atom stereocenters. The number of carbonyl (C=O) groups is 1. The van der Waals surface area contributed by atoms with Gasteiger partial charge in [0.05, 0.1) is 17.3 Å². The van der Waals surface area contributed by atoms with Crippen molar-refractivity contribution in [1.82, 2.24) is 10.2 Å². The Kier molecular flexibility index (Phi) is 5.77. The van der Waals surface area contributed by atoms with E-state index in [1.54, 1.807) is 18.4 Å². The second kappa shape index (κ2) is 8.22. The Hall–Kier alpha value is -1.98. The van der Waals surface area contributed by atoms with Crippen molar-refractivity contribution < 1.29 is 13.9 Å². The quantitative estimate of drug-likeness (QED) is 0.834. The normalized spacial score (nSPS) is 16.0. The van der Waals surface area contributed by atoms with Crippen LogP contribution >= 0.6 is 11.6 Å². The summed E-state index contributed by atoms with van der Waals surface area (Å²) >= 11 is 6.01. The summed E-state index contributed by atoms with van der Waals surface area (Å²) in [5.74, 6) is 1.21. The highest BCUT2D eigenvalue weighted by Gasteiger charge is 2.25. The number of nitrogens with zero attached hydrogens (tertiary/aromatic N) is 1. The number of amides is 1. The molecule has 1 amide bonds. The molecule has 5 nitrogen and oxygen atoms in total. The number of para-hydroxylation sites is 1. The predicted molar refractivity (Wildman–Crippen MR) is 92.2 cm³/mol. The van der Waals surface area contributed by atoms with Gasteiger partial charge >= 0.3 is 0 Å². The molecule has 2 heterocycles. The van der Waals surface area contributed by atoms with Gasteiger partial charge in [-0.05, 0) is 50.2 Å². The molecule has 0 saturated carbocycles. The van der Waals surface area contributed by atoms with Gasteiger partial charge in [0.15, 0.2) is 6.61 Å². The van der Waals surface area contributed by atoms with E-state index in [-0.39, 0.29) is 18.6 Å². The van der Waals surface area contributed by atoms with Crippen LogP contribution in [0.15, 0.2) is 47.1 Å². The summed E-state index contributed by atoms with van der Waals surface area (Å²) in [4.78, 5) is 14.4. The zero-order valence-electron chi connectivity index (χ0n) is 13.4. The molecule has 1 aromatic heterocycles. The molecule has 0 bridgehead atoms. The molecule has 1 N–H and O–H groups in total. The summed E-state index contributed by atoms with van der Waals surface area (Å²) in [6.45, 7) is 2.49. The predicted octanol–water partition coefficient (Wildman–Crippen LogP) is 3.27. The lowest BCUT2D eigenvalue weighted by molar-refractivity contribution is -0.123. The highest BCUT2D eigenvalue weighted by atomic mass is 35.5. The van der Waals surface area contributed by atoms with E-state index < -0.39 is 0 Å². The van der Waals surface area contributed by atoms with Crippen molar-refractivity contribution in [2.75, 3.05) is 26.2 Å². The molecule has 1 aliphatic rings. The van der Waals surface area contributed by atoms with Crippen LogP contribution in [0, 0.1) is 0 Å². The van der Waals surface area contributed by atoms with Crippen molar-refractivity contribution in [2.24, 2.45) is 0 Å². The Morgan fingerprint density at radius 2 is 2.04 bits per heavy atom. The minimum Gasteiger partial charge on any atom is -0.482 e. The van der Waals surface area contributed by atoms with Crippen LogP contribution in [0.2, 0.25) is 5.02 Å². The van der Waals surface area contributed by atoms with Crippen molar-refractivity contribution in [1.29, 1.82) is 0 Å². The number of furan rings is 1. The molecule has 1 atom stereocenters. The Morgan fingerprint density at radius 3 is 2.75 bits per heavy atom. The van der Waals surface area contributed by atoms with Gasteiger partial charge in [-0.15, -0.1) is 0 Å². The lowest BCUT2D eigenvalue weighted by Gasteiger charge is -2.26. The fourth-order valence-electron chi connectivity index (χ4n) is 2.91. The summed E-state index contributed by atoms with van der Waals surface area (Å²) < 4.78 is 11.0. The number of halogens is 1. The first-order valence-electron chi connectivity index (χ1n) is 8.15. The third-order valence-electron chi connectivity index (χ3n) is 4.14. The number of benzene rings is 1. The summed E-state index contributed by atoms with van der Waals surface area (Å²) in [7, 11) is 0. The zero-order chi connectivity index (χ0) is 16.8. The largest absolute Gasteiger partial charge is 0.482 e. The summed E-state index contributed by atoms with van der Waals surface area (Å²) in [5.41, 5.74) is 0. The highest BCUT2D eigenvalue weighted by Crippen LogP contribution is 2.25. The Labute approximate surface area is 146 Å². The average Bonchev–Trinajstić information content (AvgIpc) is 3.28. The van der Waals surface area contributed by atoms with Crippen LogP contribution in [0.5, 0.6) is 5.75 Å². The van der Waals surface area contributed by atoms with Crippen LogP contribution in [-0.4, -0.2) is 37.0 Å². The summed E-state index contributed by atoms with van der Waals surface area (Å²) in [6.07, 6.45) is 4.03. The smallest absolute Gasteiger partial charge is 0.258 e. The highest BCUT2D eigenvalue weighted by molar-refractivity contribution is 6.32.